The number of carboxylic acids is 1. The first kappa shape index (κ1) is 15.4. The maximum atomic E-state index is 11.8. The molecule has 0 saturated carbocycles. The van der Waals surface area contributed by atoms with E-state index in [9.17, 15) is 9.59 Å². The summed E-state index contributed by atoms with van der Waals surface area (Å²) < 4.78 is 0. The lowest BCUT2D eigenvalue weighted by atomic mass is 10.2. The van der Waals surface area contributed by atoms with Crippen LogP contribution >= 0.6 is 11.3 Å². The number of carbonyl (C=O) groups is 2. The lowest BCUT2D eigenvalue weighted by molar-refractivity contribution is -0.137. The Morgan fingerprint density at radius 3 is 2.79 bits per heavy atom. The van der Waals surface area contributed by atoms with Crippen LogP contribution in [0.15, 0.2) is 5.51 Å². The number of hydrogen-bond acceptors (Lipinski definition) is 4. The minimum absolute atomic E-state index is 0.145. The van der Waals surface area contributed by atoms with Gasteiger partial charge < -0.3 is 15.3 Å². The van der Waals surface area contributed by atoms with Crippen LogP contribution in [-0.4, -0.2) is 40.6 Å². The van der Waals surface area contributed by atoms with Crippen LogP contribution in [0.3, 0.4) is 0 Å². The highest BCUT2D eigenvalue weighted by Crippen LogP contribution is 2.13. The highest BCUT2D eigenvalue weighted by Gasteiger charge is 2.11. The number of aliphatic carboxylic acids is 1. The van der Waals surface area contributed by atoms with Crippen molar-refractivity contribution < 1.29 is 14.7 Å². The third kappa shape index (κ3) is 5.69. The van der Waals surface area contributed by atoms with E-state index >= 15 is 0 Å². The molecule has 106 valence electrons. The van der Waals surface area contributed by atoms with Gasteiger partial charge in [0.15, 0.2) is 0 Å². The molecule has 0 unspecified atom stereocenters. The van der Waals surface area contributed by atoms with Gasteiger partial charge in [0, 0.05) is 24.9 Å². The number of unbranched alkanes of at least 4 members (excludes halogenated alkanes) is 1. The number of nitrogens with zero attached hydrogens (tertiary/aromatic N) is 2. The van der Waals surface area contributed by atoms with E-state index in [2.05, 4.69) is 10.3 Å². The molecule has 0 saturated heterocycles. The van der Waals surface area contributed by atoms with Crippen LogP contribution in [0, 0.1) is 6.92 Å². The topological polar surface area (TPSA) is 82.5 Å². The van der Waals surface area contributed by atoms with Crippen LogP contribution in [0.2, 0.25) is 0 Å². The molecule has 0 fully saturated rings. The molecule has 0 aliphatic heterocycles. The second kappa shape index (κ2) is 7.73. The molecular weight excluding hydrogens is 266 g/mol. The molecule has 19 heavy (non-hydrogen) atoms. The Morgan fingerprint density at radius 1 is 1.47 bits per heavy atom. The average molecular weight is 285 g/mol. The van der Waals surface area contributed by atoms with E-state index in [4.69, 9.17) is 5.11 Å². The maximum absolute atomic E-state index is 11.8. The number of thiazole rings is 1. The molecule has 1 heterocycles. The van der Waals surface area contributed by atoms with Gasteiger partial charge in [-0.05, 0) is 19.8 Å². The van der Waals surface area contributed by atoms with Crippen molar-refractivity contribution in [2.75, 3.05) is 13.6 Å². The van der Waals surface area contributed by atoms with Crippen LogP contribution in [0.5, 0.6) is 0 Å². The third-order valence-corrected chi connectivity index (χ3v) is 3.59. The second-order valence-electron chi connectivity index (χ2n) is 4.30. The number of nitrogens with one attached hydrogen (secondary N) is 1. The second-order valence-corrected chi connectivity index (χ2v) is 5.24. The summed E-state index contributed by atoms with van der Waals surface area (Å²) in [4.78, 5) is 28.9. The Morgan fingerprint density at radius 2 is 2.21 bits per heavy atom. The zero-order valence-corrected chi connectivity index (χ0v) is 12.0. The van der Waals surface area contributed by atoms with Gasteiger partial charge in [-0.1, -0.05) is 0 Å². The van der Waals surface area contributed by atoms with Gasteiger partial charge in [0.2, 0.25) is 0 Å². The number of aromatic nitrogens is 1. The summed E-state index contributed by atoms with van der Waals surface area (Å²) in [6.07, 6.45) is 1.39. The lowest BCUT2D eigenvalue weighted by Crippen LogP contribution is -2.37. The molecule has 1 aromatic rings. The summed E-state index contributed by atoms with van der Waals surface area (Å²) >= 11 is 1.53. The van der Waals surface area contributed by atoms with Crippen LogP contribution in [0.25, 0.3) is 0 Å². The molecule has 7 heteroatoms. The lowest BCUT2D eigenvalue weighted by Gasteiger charge is -2.17. The molecule has 0 aromatic carbocycles. The van der Waals surface area contributed by atoms with Crippen molar-refractivity contribution in [2.45, 2.75) is 32.7 Å². The van der Waals surface area contributed by atoms with E-state index in [1.54, 1.807) is 17.5 Å². The molecule has 1 aromatic heterocycles. The molecule has 2 N–H and O–H groups in total. The molecule has 0 bridgehead atoms. The van der Waals surface area contributed by atoms with E-state index in [1.165, 1.54) is 11.3 Å². The number of carboxylic acid groups (broad SMARTS) is 1. The van der Waals surface area contributed by atoms with Crippen molar-refractivity contribution in [1.82, 2.24) is 15.2 Å². The largest absolute Gasteiger partial charge is 0.481 e. The van der Waals surface area contributed by atoms with Crippen molar-refractivity contribution in [1.29, 1.82) is 0 Å². The zero-order valence-electron chi connectivity index (χ0n) is 11.2. The molecule has 6 nitrogen and oxygen atoms in total. The van der Waals surface area contributed by atoms with Gasteiger partial charge in [0.1, 0.15) is 0 Å². The van der Waals surface area contributed by atoms with E-state index in [-0.39, 0.29) is 12.5 Å². The van der Waals surface area contributed by atoms with Gasteiger partial charge in [-0.3, -0.25) is 4.79 Å². The molecule has 1 rings (SSSR count). The van der Waals surface area contributed by atoms with Gasteiger partial charge in [-0.25, -0.2) is 9.78 Å². The summed E-state index contributed by atoms with van der Waals surface area (Å²) in [5, 5.41) is 11.2. The van der Waals surface area contributed by atoms with E-state index in [1.807, 2.05) is 6.92 Å². The molecule has 0 spiro atoms. The van der Waals surface area contributed by atoms with Crippen molar-refractivity contribution in [3.05, 3.63) is 16.1 Å². The number of hydrogen-bond donors (Lipinski definition) is 2. The Hall–Kier alpha value is -1.63. The molecule has 0 atom stereocenters. The quantitative estimate of drug-likeness (QED) is 0.749. The van der Waals surface area contributed by atoms with Crippen molar-refractivity contribution >= 4 is 23.3 Å². The Kier molecular flexibility index (Phi) is 6.27. The first-order valence-electron chi connectivity index (χ1n) is 6.10. The van der Waals surface area contributed by atoms with E-state index < -0.39 is 5.97 Å². The maximum Gasteiger partial charge on any atom is 0.317 e. The predicted octanol–water partition coefficient (Wildman–Crippen LogP) is 1.85. The summed E-state index contributed by atoms with van der Waals surface area (Å²) in [7, 11) is 1.73. The fourth-order valence-corrected chi connectivity index (χ4v) is 2.33. The molecule has 0 radical (unpaired) electrons. The van der Waals surface area contributed by atoms with Crippen LogP contribution < -0.4 is 5.32 Å². The average Bonchev–Trinajstić information content (AvgIpc) is 2.74. The zero-order chi connectivity index (χ0) is 14.3. The SMILES string of the molecule is Cc1ncsc1CN(C)C(=O)NCCCCC(=O)O. The fraction of sp³-hybridized carbons (Fsp3) is 0.583. The normalized spacial score (nSPS) is 10.2. The Balaban J connectivity index is 2.22. The van der Waals surface area contributed by atoms with Gasteiger partial charge >= 0.3 is 12.0 Å². The summed E-state index contributed by atoms with van der Waals surface area (Å²) in [6, 6.07) is -0.150. The van der Waals surface area contributed by atoms with Gasteiger partial charge in [-0.15, -0.1) is 11.3 Å². The first-order chi connectivity index (χ1) is 9.00. The van der Waals surface area contributed by atoms with E-state index in [0.29, 0.717) is 25.9 Å². The fourth-order valence-electron chi connectivity index (χ4n) is 1.50. The van der Waals surface area contributed by atoms with E-state index in [0.717, 1.165) is 10.6 Å². The minimum Gasteiger partial charge on any atom is -0.481 e. The smallest absolute Gasteiger partial charge is 0.317 e. The van der Waals surface area contributed by atoms with Gasteiger partial charge in [0.25, 0.3) is 0 Å². The van der Waals surface area contributed by atoms with Crippen molar-refractivity contribution in [3.8, 4) is 0 Å². The molecule has 2 amide bonds. The third-order valence-electron chi connectivity index (χ3n) is 2.67. The van der Waals surface area contributed by atoms with Crippen LogP contribution in [0.4, 0.5) is 4.79 Å². The van der Waals surface area contributed by atoms with Gasteiger partial charge in [0.05, 0.1) is 17.7 Å². The molecular formula is C12H19N3O3S. The van der Waals surface area contributed by atoms with Crippen LogP contribution in [-0.2, 0) is 11.3 Å². The van der Waals surface area contributed by atoms with Crippen LogP contribution in [0.1, 0.15) is 29.8 Å². The summed E-state index contributed by atoms with van der Waals surface area (Å²) in [6.45, 7) is 2.96. The summed E-state index contributed by atoms with van der Waals surface area (Å²) in [5.41, 5.74) is 2.72. The minimum atomic E-state index is -0.802. The number of aryl methyl sites for hydroxylation is 1. The highest BCUT2D eigenvalue weighted by molar-refractivity contribution is 7.09. The first-order valence-corrected chi connectivity index (χ1v) is 6.98. The van der Waals surface area contributed by atoms with Crippen molar-refractivity contribution in [3.63, 3.8) is 0 Å². The Labute approximate surface area is 116 Å². The standard InChI is InChI=1S/C12H19N3O3S/c1-9-10(19-8-14-9)7-15(2)12(18)13-6-4-3-5-11(16)17/h8H,3-7H2,1-2H3,(H,13,18)(H,16,17). The number of carbonyl (C=O) groups excluding carboxylic acids is 1. The van der Waals surface area contributed by atoms with Gasteiger partial charge in [-0.2, -0.15) is 0 Å². The number of urea groups is 1. The molecule has 0 aliphatic rings. The highest BCUT2D eigenvalue weighted by atomic mass is 32.1. The Bertz CT molecular complexity index is 434. The monoisotopic (exact) mass is 285 g/mol. The van der Waals surface area contributed by atoms with Crippen molar-refractivity contribution in [2.24, 2.45) is 0 Å². The number of amides is 2. The predicted molar refractivity (Wildman–Crippen MR) is 73.2 cm³/mol. The molecule has 0 aliphatic carbocycles. The number of rotatable bonds is 7. The summed E-state index contributed by atoms with van der Waals surface area (Å²) in [5.74, 6) is -0.802.